The second-order valence-corrected chi connectivity index (χ2v) is 5.13. The highest BCUT2D eigenvalue weighted by Crippen LogP contribution is 2.22. The van der Waals surface area contributed by atoms with Crippen LogP contribution in [-0.2, 0) is 0 Å². The minimum atomic E-state index is -0.917. The van der Waals surface area contributed by atoms with Crippen LogP contribution >= 0.6 is 0 Å². The topological polar surface area (TPSA) is 53.4 Å². The lowest BCUT2D eigenvalue weighted by Gasteiger charge is -2.27. The van der Waals surface area contributed by atoms with Crippen molar-refractivity contribution in [2.75, 3.05) is 11.4 Å². The highest BCUT2D eigenvalue weighted by atomic mass is 16.4. The molecule has 4 heteroatoms. The van der Waals surface area contributed by atoms with E-state index in [2.05, 4.69) is 30.7 Å². The first kappa shape index (κ1) is 14.3. The Kier molecular flexibility index (Phi) is 4.23. The van der Waals surface area contributed by atoms with Gasteiger partial charge in [-0.3, -0.25) is 0 Å². The zero-order valence-corrected chi connectivity index (χ0v) is 12.1. The molecule has 106 valence electrons. The Hall–Kier alpha value is -2.10. The number of carboxylic acids is 1. The number of anilines is 1. The van der Waals surface area contributed by atoms with Gasteiger partial charge in [0.25, 0.3) is 0 Å². The van der Waals surface area contributed by atoms with Crippen LogP contribution in [0.4, 0.5) is 5.82 Å². The third-order valence-corrected chi connectivity index (χ3v) is 3.33. The third-order valence-electron chi connectivity index (χ3n) is 3.33. The molecule has 2 rings (SSSR count). The fourth-order valence-electron chi connectivity index (χ4n) is 2.37. The zero-order valence-electron chi connectivity index (χ0n) is 12.1. The minimum absolute atomic E-state index is 0.299. The second-order valence-electron chi connectivity index (χ2n) is 5.13. The Morgan fingerprint density at radius 2 is 2.05 bits per heavy atom. The molecule has 0 saturated heterocycles. The molecule has 1 aromatic heterocycles. The van der Waals surface area contributed by atoms with Crippen molar-refractivity contribution in [1.82, 2.24) is 4.98 Å². The van der Waals surface area contributed by atoms with Crippen molar-refractivity contribution in [3.8, 4) is 0 Å². The van der Waals surface area contributed by atoms with Gasteiger partial charge in [0.2, 0.25) is 0 Å². The molecule has 20 heavy (non-hydrogen) atoms. The molecular weight excluding hydrogens is 252 g/mol. The number of aromatic carboxylic acids is 1. The molecular formula is C16H20N2O2. The van der Waals surface area contributed by atoms with Crippen LogP contribution in [0.5, 0.6) is 0 Å². The molecule has 0 saturated carbocycles. The number of nitrogens with zero attached hydrogens (tertiary/aromatic N) is 2. The maximum Gasteiger partial charge on any atom is 0.336 e. The average molecular weight is 272 g/mol. The van der Waals surface area contributed by atoms with Crippen LogP contribution in [-0.4, -0.2) is 28.6 Å². The summed E-state index contributed by atoms with van der Waals surface area (Å²) < 4.78 is 0. The van der Waals surface area contributed by atoms with Gasteiger partial charge in [0.15, 0.2) is 0 Å². The highest BCUT2D eigenvalue weighted by Gasteiger charge is 2.13. The number of aromatic nitrogens is 1. The van der Waals surface area contributed by atoms with Gasteiger partial charge in [-0.05, 0) is 44.5 Å². The van der Waals surface area contributed by atoms with Gasteiger partial charge in [0.1, 0.15) is 5.82 Å². The first-order valence-electron chi connectivity index (χ1n) is 6.94. The van der Waals surface area contributed by atoms with Gasteiger partial charge >= 0.3 is 5.97 Å². The van der Waals surface area contributed by atoms with Crippen molar-refractivity contribution in [1.29, 1.82) is 0 Å². The van der Waals surface area contributed by atoms with E-state index in [-0.39, 0.29) is 0 Å². The summed E-state index contributed by atoms with van der Waals surface area (Å²) in [6.45, 7) is 7.35. The van der Waals surface area contributed by atoms with Gasteiger partial charge in [-0.2, -0.15) is 0 Å². The molecule has 0 atom stereocenters. The van der Waals surface area contributed by atoms with E-state index in [1.54, 1.807) is 12.1 Å². The summed E-state index contributed by atoms with van der Waals surface area (Å²) in [5.41, 5.74) is 1.03. The number of hydrogen-bond acceptors (Lipinski definition) is 3. The average Bonchev–Trinajstić information content (AvgIpc) is 2.43. The smallest absolute Gasteiger partial charge is 0.336 e. The standard InChI is InChI=1S/C16H20N2O2/c1-4-10-18(11(2)3)15-9-8-12-13(16(19)20)6-5-7-14(12)17-15/h5-9,11H,4,10H2,1-3H3,(H,19,20). The molecule has 0 aliphatic carbocycles. The first-order valence-corrected chi connectivity index (χ1v) is 6.94. The van der Waals surface area contributed by atoms with Crippen LogP contribution < -0.4 is 4.90 Å². The van der Waals surface area contributed by atoms with E-state index in [0.29, 0.717) is 17.0 Å². The van der Waals surface area contributed by atoms with Crippen molar-refractivity contribution < 1.29 is 9.90 Å². The van der Waals surface area contributed by atoms with Crippen molar-refractivity contribution in [2.24, 2.45) is 0 Å². The van der Waals surface area contributed by atoms with Crippen molar-refractivity contribution in [3.05, 3.63) is 35.9 Å². The summed E-state index contributed by atoms with van der Waals surface area (Å²) in [4.78, 5) is 18.1. The Bertz CT molecular complexity index is 623. The molecule has 0 aliphatic rings. The number of fused-ring (bicyclic) bond motifs is 1. The molecule has 1 aromatic carbocycles. The lowest BCUT2D eigenvalue weighted by atomic mass is 10.1. The van der Waals surface area contributed by atoms with Crippen LogP contribution in [0.25, 0.3) is 10.9 Å². The van der Waals surface area contributed by atoms with E-state index in [4.69, 9.17) is 0 Å². The van der Waals surface area contributed by atoms with Gasteiger partial charge in [0.05, 0.1) is 11.1 Å². The number of benzene rings is 1. The fourth-order valence-corrected chi connectivity index (χ4v) is 2.37. The number of rotatable bonds is 5. The fraction of sp³-hybridized carbons (Fsp3) is 0.375. The van der Waals surface area contributed by atoms with E-state index in [1.807, 2.05) is 18.2 Å². The molecule has 0 fully saturated rings. The van der Waals surface area contributed by atoms with E-state index in [1.165, 1.54) is 0 Å². The molecule has 0 radical (unpaired) electrons. The highest BCUT2D eigenvalue weighted by molar-refractivity contribution is 6.02. The number of hydrogen-bond donors (Lipinski definition) is 1. The molecule has 0 aliphatic heterocycles. The van der Waals surface area contributed by atoms with E-state index in [0.717, 1.165) is 24.3 Å². The quantitative estimate of drug-likeness (QED) is 0.904. The van der Waals surface area contributed by atoms with Crippen LogP contribution in [0.2, 0.25) is 0 Å². The van der Waals surface area contributed by atoms with Gasteiger partial charge in [-0.15, -0.1) is 0 Å². The molecule has 1 N–H and O–H groups in total. The molecule has 2 aromatic rings. The summed E-state index contributed by atoms with van der Waals surface area (Å²) in [6, 6.07) is 9.33. The SMILES string of the molecule is CCCN(c1ccc2c(C(=O)O)cccc2n1)C(C)C. The summed E-state index contributed by atoms with van der Waals surface area (Å²) in [6.07, 6.45) is 1.05. The maximum atomic E-state index is 11.2. The van der Waals surface area contributed by atoms with E-state index < -0.39 is 5.97 Å². The Morgan fingerprint density at radius 1 is 1.30 bits per heavy atom. The molecule has 1 heterocycles. The van der Waals surface area contributed by atoms with Crippen LogP contribution in [0.1, 0.15) is 37.6 Å². The largest absolute Gasteiger partial charge is 0.478 e. The Morgan fingerprint density at radius 3 is 2.65 bits per heavy atom. The van der Waals surface area contributed by atoms with E-state index >= 15 is 0 Å². The molecule has 0 amide bonds. The van der Waals surface area contributed by atoms with Gasteiger partial charge < -0.3 is 10.0 Å². The van der Waals surface area contributed by atoms with Crippen LogP contribution in [0.15, 0.2) is 30.3 Å². The first-order chi connectivity index (χ1) is 9.54. The Labute approximate surface area is 119 Å². The number of pyridine rings is 1. The van der Waals surface area contributed by atoms with Crippen molar-refractivity contribution in [2.45, 2.75) is 33.2 Å². The van der Waals surface area contributed by atoms with E-state index in [9.17, 15) is 9.90 Å². The van der Waals surface area contributed by atoms with Gasteiger partial charge in [0, 0.05) is 18.0 Å². The lowest BCUT2D eigenvalue weighted by Crippen LogP contribution is -2.32. The van der Waals surface area contributed by atoms with Crippen molar-refractivity contribution in [3.63, 3.8) is 0 Å². The normalized spacial score (nSPS) is 11.0. The number of carboxylic acid groups (broad SMARTS) is 1. The minimum Gasteiger partial charge on any atom is -0.478 e. The molecule has 0 spiro atoms. The zero-order chi connectivity index (χ0) is 14.7. The summed E-state index contributed by atoms with van der Waals surface area (Å²) >= 11 is 0. The van der Waals surface area contributed by atoms with Gasteiger partial charge in [-0.25, -0.2) is 9.78 Å². The van der Waals surface area contributed by atoms with Crippen LogP contribution in [0, 0.1) is 0 Å². The summed E-state index contributed by atoms with van der Waals surface area (Å²) in [5.74, 6) is -0.0173. The van der Waals surface area contributed by atoms with Gasteiger partial charge in [-0.1, -0.05) is 13.0 Å². The maximum absolute atomic E-state index is 11.2. The monoisotopic (exact) mass is 272 g/mol. The third kappa shape index (κ3) is 2.74. The second kappa shape index (κ2) is 5.90. The summed E-state index contributed by atoms with van der Waals surface area (Å²) in [5, 5.41) is 9.88. The number of carbonyl (C=O) groups is 1. The van der Waals surface area contributed by atoms with Crippen molar-refractivity contribution >= 4 is 22.7 Å². The summed E-state index contributed by atoms with van der Waals surface area (Å²) in [7, 11) is 0. The lowest BCUT2D eigenvalue weighted by molar-refractivity contribution is 0.0699. The van der Waals surface area contributed by atoms with Crippen LogP contribution in [0.3, 0.4) is 0 Å². The predicted molar refractivity (Wildman–Crippen MR) is 81.5 cm³/mol. The molecule has 4 nitrogen and oxygen atoms in total. The molecule has 0 unspecified atom stereocenters. The Balaban J connectivity index is 2.51. The predicted octanol–water partition coefficient (Wildman–Crippen LogP) is 3.56. The molecule has 0 bridgehead atoms.